The van der Waals surface area contributed by atoms with E-state index >= 15 is 0 Å². The number of carbonyl (C=O) groups is 1. The second kappa shape index (κ2) is 5.85. The molecule has 1 rings (SSSR count). The average molecular weight is 337 g/mol. The molecule has 0 bridgehead atoms. The first-order valence-electron chi connectivity index (χ1n) is 5.02. The van der Waals surface area contributed by atoms with E-state index in [2.05, 4.69) is 36.4 Å². The van der Waals surface area contributed by atoms with Crippen LogP contribution >= 0.6 is 34.2 Å². The van der Waals surface area contributed by atoms with E-state index in [9.17, 15) is 4.79 Å². The van der Waals surface area contributed by atoms with Crippen LogP contribution in [0.1, 0.15) is 37.0 Å². The van der Waals surface area contributed by atoms with Gasteiger partial charge in [-0.15, -0.1) is 0 Å². The van der Waals surface area contributed by atoms with Gasteiger partial charge < -0.3 is 0 Å². The Morgan fingerprint density at radius 2 is 2.20 bits per heavy atom. The highest BCUT2D eigenvalue weighted by Gasteiger charge is 2.13. The molecule has 0 saturated heterocycles. The van der Waals surface area contributed by atoms with Gasteiger partial charge in [-0.3, -0.25) is 4.79 Å². The summed E-state index contributed by atoms with van der Waals surface area (Å²) in [5.41, 5.74) is 0.753. The minimum atomic E-state index is 0.191. The summed E-state index contributed by atoms with van der Waals surface area (Å²) in [6.45, 7) is 4.19. The molecule has 0 saturated carbocycles. The standard InChI is InChI=1S/C12H14ClIO/c1-3-8(2)6-12(15)10-7-9(13)4-5-11(10)14/h4-5,7-8H,3,6H2,1-2H3. The SMILES string of the molecule is CCC(C)CC(=O)c1cc(Cl)ccc1I. The van der Waals surface area contributed by atoms with Crippen molar-refractivity contribution in [3.05, 3.63) is 32.4 Å². The Morgan fingerprint density at radius 1 is 1.53 bits per heavy atom. The van der Waals surface area contributed by atoms with Gasteiger partial charge in [0, 0.05) is 20.6 Å². The predicted octanol–water partition coefficient (Wildman–Crippen LogP) is 4.56. The zero-order valence-corrected chi connectivity index (χ0v) is 11.8. The average Bonchev–Trinajstić information content (AvgIpc) is 2.21. The second-order valence-electron chi connectivity index (χ2n) is 3.76. The third-order valence-electron chi connectivity index (χ3n) is 2.46. The maximum absolute atomic E-state index is 11.9. The van der Waals surface area contributed by atoms with Crippen LogP contribution in [-0.2, 0) is 0 Å². The predicted molar refractivity (Wildman–Crippen MR) is 72.6 cm³/mol. The molecule has 1 aromatic carbocycles. The highest BCUT2D eigenvalue weighted by molar-refractivity contribution is 14.1. The number of ketones is 1. The van der Waals surface area contributed by atoms with Crippen molar-refractivity contribution in [3.8, 4) is 0 Å². The number of hydrogen-bond donors (Lipinski definition) is 0. The molecule has 0 heterocycles. The molecule has 82 valence electrons. The molecule has 1 atom stereocenters. The molecule has 1 nitrogen and oxygen atoms in total. The Labute approximate surface area is 109 Å². The van der Waals surface area contributed by atoms with Gasteiger partial charge in [-0.25, -0.2) is 0 Å². The molecule has 1 aromatic rings. The Hall–Kier alpha value is -0.0900. The molecule has 0 fully saturated rings. The number of rotatable bonds is 4. The zero-order chi connectivity index (χ0) is 11.4. The van der Waals surface area contributed by atoms with E-state index in [1.54, 1.807) is 6.07 Å². The number of halogens is 2. The summed E-state index contributed by atoms with van der Waals surface area (Å²) in [6.07, 6.45) is 1.63. The van der Waals surface area contributed by atoms with Gasteiger partial charge in [-0.1, -0.05) is 31.9 Å². The Balaban J connectivity index is 2.86. The van der Waals surface area contributed by atoms with E-state index in [4.69, 9.17) is 11.6 Å². The first-order valence-corrected chi connectivity index (χ1v) is 6.48. The molecule has 15 heavy (non-hydrogen) atoms. The fraction of sp³-hybridized carbons (Fsp3) is 0.417. The van der Waals surface area contributed by atoms with Crippen LogP contribution in [0.15, 0.2) is 18.2 Å². The maximum atomic E-state index is 11.9. The second-order valence-corrected chi connectivity index (χ2v) is 5.36. The number of hydrogen-bond acceptors (Lipinski definition) is 1. The molecule has 0 aromatic heterocycles. The summed E-state index contributed by atoms with van der Waals surface area (Å²) in [4.78, 5) is 11.9. The van der Waals surface area contributed by atoms with Crippen LogP contribution in [0.3, 0.4) is 0 Å². The van der Waals surface area contributed by atoms with E-state index < -0.39 is 0 Å². The largest absolute Gasteiger partial charge is 0.294 e. The monoisotopic (exact) mass is 336 g/mol. The van der Waals surface area contributed by atoms with Gasteiger partial charge in [0.15, 0.2) is 5.78 Å². The van der Waals surface area contributed by atoms with Crippen LogP contribution in [0.25, 0.3) is 0 Å². The summed E-state index contributed by atoms with van der Waals surface area (Å²) < 4.78 is 0.977. The van der Waals surface area contributed by atoms with Crippen LogP contribution in [0.5, 0.6) is 0 Å². The molecule has 0 radical (unpaired) electrons. The van der Waals surface area contributed by atoms with Crippen molar-refractivity contribution in [2.45, 2.75) is 26.7 Å². The molecule has 0 spiro atoms. The van der Waals surface area contributed by atoms with Crippen molar-refractivity contribution in [1.82, 2.24) is 0 Å². The van der Waals surface area contributed by atoms with Gasteiger partial charge in [-0.05, 0) is 46.7 Å². The van der Waals surface area contributed by atoms with E-state index in [0.717, 1.165) is 15.6 Å². The van der Waals surface area contributed by atoms with E-state index in [1.165, 1.54) is 0 Å². The number of Topliss-reactive ketones (excluding diaryl/α,β-unsaturated/α-hetero) is 1. The molecular formula is C12H14ClIO. The Bertz CT molecular complexity index is 363. The van der Waals surface area contributed by atoms with Crippen LogP contribution in [0.4, 0.5) is 0 Å². The molecule has 3 heteroatoms. The van der Waals surface area contributed by atoms with Crippen LogP contribution in [0.2, 0.25) is 5.02 Å². The maximum Gasteiger partial charge on any atom is 0.164 e. The first-order chi connectivity index (χ1) is 7.04. The molecule has 0 amide bonds. The summed E-state index contributed by atoms with van der Waals surface area (Å²) >= 11 is 8.05. The van der Waals surface area contributed by atoms with Gasteiger partial charge in [0.2, 0.25) is 0 Å². The lowest BCUT2D eigenvalue weighted by molar-refractivity contribution is 0.0963. The van der Waals surface area contributed by atoms with Gasteiger partial charge in [0.05, 0.1) is 0 Å². The van der Waals surface area contributed by atoms with Crippen LogP contribution in [-0.4, -0.2) is 5.78 Å². The topological polar surface area (TPSA) is 17.1 Å². The lowest BCUT2D eigenvalue weighted by atomic mass is 9.98. The minimum absolute atomic E-state index is 0.191. The quantitative estimate of drug-likeness (QED) is 0.582. The number of benzene rings is 1. The lowest BCUT2D eigenvalue weighted by Gasteiger charge is -2.08. The molecule has 1 unspecified atom stereocenters. The van der Waals surface area contributed by atoms with E-state index in [-0.39, 0.29) is 5.78 Å². The van der Waals surface area contributed by atoms with Crippen molar-refractivity contribution in [1.29, 1.82) is 0 Å². The molecule has 0 aliphatic heterocycles. The van der Waals surface area contributed by atoms with Gasteiger partial charge >= 0.3 is 0 Å². The van der Waals surface area contributed by atoms with Crippen molar-refractivity contribution in [3.63, 3.8) is 0 Å². The summed E-state index contributed by atoms with van der Waals surface area (Å²) in [6, 6.07) is 5.45. The fourth-order valence-corrected chi connectivity index (χ4v) is 2.09. The minimum Gasteiger partial charge on any atom is -0.294 e. The fourth-order valence-electron chi connectivity index (χ4n) is 1.28. The van der Waals surface area contributed by atoms with E-state index in [1.807, 2.05) is 12.1 Å². The highest BCUT2D eigenvalue weighted by atomic mass is 127. The van der Waals surface area contributed by atoms with Gasteiger partial charge in [0.1, 0.15) is 0 Å². The molecular weight excluding hydrogens is 322 g/mol. The third-order valence-corrected chi connectivity index (χ3v) is 3.64. The van der Waals surface area contributed by atoms with Gasteiger partial charge in [0.25, 0.3) is 0 Å². The molecule has 0 N–H and O–H groups in total. The van der Waals surface area contributed by atoms with E-state index in [0.29, 0.717) is 17.4 Å². The third kappa shape index (κ3) is 3.76. The Morgan fingerprint density at radius 3 is 2.80 bits per heavy atom. The highest BCUT2D eigenvalue weighted by Crippen LogP contribution is 2.21. The molecule has 0 aliphatic carbocycles. The summed E-state index contributed by atoms with van der Waals surface area (Å²) in [5.74, 6) is 0.628. The Kier molecular flexibility index (Phi) is 5.06. The zero-order valence-electron chi connectivity index (χ0n) is 8.89. The van der Waals surface area contributed by atoms with Crippen molar-refractivity contribution in [2.24, 2.45) is 5.92 Å². The van der Waals surface area contributed by atoms with Crippen LogP contribution in [0, 0.1) is 9.49 Å². The summed E-state index contributed by atoms with van der Waals surface area (Å²) in [5, 5.41) is 0.628. The van der Waals surface area contributed by atoms with Crippen molar-refractivity contribution in [2.75, 3.05) is 0 Å². The van der Waals surface area contributed by atoms with Gasteiger partial charge in [-0.2, -0.15) is 0 Å². The summed E-state index contributed by atoms with van der Waals surface area (Å²) in [7, 11) is 0. The molecule has 0 aliphatic rings. The van der Waals surface area contributed by atoms with Crippen molar-refractivity contribution < 1.29 is 4.79 Å². The lowest BCUT2D eigenvalue weighted by Crippen LogP contribution is -2.07. The first kappa shape index (κ1) is 13.0. The van der Waals surface area contributed by atoms with Crippen LogP contribution < -0.4 is 0 Å². The van der Waals surface area contributed by atoms with Crippen molar-refractivity contribution >= 4 is 40.0 Å². The number of carbonyl (C=O) groups excluding carboxylic acids is 1. The normalized spacial score (nSPS) is 12.5. The smallest absolute Gasteiger partial charge is 0.164 e.